The molecular weight excluding hydrogens is 599 g/mol. The smallest absolute Gasteiger partial charge is 0.322 e. The standard InChI is InChI=1S/C30H28F3N5O5S/c1-37-13-11-20(12-14-37)17-42-28-10-5-21(15-26(28)33)27-16-29(35-18-34-27)36-22-6-8-23(9-7-22)38(43-19-39)44(40,41)30-24(31)3-2-4-25(30)32/h2-10,15-16,18-20H,11-14,17H2,1H3,(H,34,35,36). The van der Waals surface area contributed by atoms with Gasteiger partial charge in [-0.05, 0) is 93.5 Å². The molecule has 1 fully saturated rings. The molecule has 3 aromatic carbocycles. The number of hydrogen-bond donors (Lipinski definition) is 1. The SMILES string of the molecule is CN1CCC(COc2ccc(-c3cc(Nc4ccc(N(OC=O)S(=O)(=O)c5c(F)cccc5F)cc4)ncn3)cc2F)CC1. The number of rotatable bonds is 11. The van der Waals surface area contributed by atoms with Crippen LogP contribution >= 0.6 is 0 Å². The summed E-state index contributed by atoms with van der Waals surface area (Å²) in [6.07, 6.45) is 3.31. The third-order valence-electron chi connectivity index (χ3n) is 7.09. The lowest BCUT2D eigenvalue weighted by atomic mass is 9.98. The van der Waals surface area contributed by atoms with Crippen LogP contribution in [0.3, 0.4) is 0 Å². The number of sulfonamides is 1. The van der Waals surface area contributed by atoms with Crippen molar-refractivity contribution in [3.63, 3.8) is 0 Å². The van der Waals surface area contributed by atoms with E-state index in [4.69, 9.17) is 4.74 Å². The topological polar surface area (TPSA) is 114 Å². The fourth-order valence-electron chi connectivity index (χ4n) is 4.72. The lowest BCUT2D eigenvalue weighted by molar-refractivity contribution is -0.128. The summed E-state index contributed by atoms with van der Waals surface area (Å²) in [6, 6.07) is 14.1. The van der Waals surface area contributed by atoms with Gasteiger partial charge in [0.2, 0.25) is 0 Å². The van der Waals surface area contributed by atoms with E-state index in [-0.39, 0.29) is 22.4 Å². The Labute approximate surface area is 252 Å². The maximum atomic E-state index is 14.9. The number of piperidine rings is 1. The van der Waals surface area contributed by atoms with Crippen LogP contribution in [0, 0.1) is 23.4 Å². The molecule has 1 aliphatic rings. The molecule has 0 aliphatic carbocycles. The number of aromatic nitrogens is 2. The first-order valence-corrected chi connectivity index (χ1v) is 15.0. The molecule has 1 aliphatic heterocycles. The molecule has 1 aromatic heterocycles. The third-order valence-corrected chi connectivity index (χ3v) is 8.73. The van der Waals surface area contributed by atoms with E-state index < -0.39 is 32.4 Å². The van der Waals surface area contributed by atoms with Gasteiger partial charge in [-0.15, -0.1) is 0 Å². The molecular formula is C30H28F3N5O5S. The van der Waals surface area contributed by atoms with Gasteiger partial charge in [0.05, 0.1) is 18.0 Å². The van der Waals surface area contributed by atoms with Crippen LogP contribution in [-0.4, -0.2) is 56.5 Å². The molecule has 2 heterocycles. The molecule has 14 heteroatoms. The maximum absolute atomic E-state index is 14.9. The van der Waals surface area contributed by atoms with Gasteiger partial charge in [0.15, 0.2) is 16.5 Å². The lowest BCUT2D eigenvalue weighted by Crippen LogP contribution is -2.32. The lowest BCUT2D eigenvalue weighted by Gasteiger charge is -2.28. The van der Waals surface area contributed by atoms with Crippen molar-refractivity contribution >= 4 is 33.7 Å². The molecule has 0 radical (unpaired) electrons. The van der Waals surface area contributed by atoms with Gasteiger partial charge >= 0.3 is 16.5 Å². The molecule has 4 aromatic rings. The highest BCUT2D eigenvalue weighted by Crippen LogP contribution is 2.30. The van der Waals surface area contributed by atoms with Crippen LogP contribution < -0.4 is 14.5 Å². The van der Waals surface area contributed by atoms with Crippen molar-refractivity contribution in [1.29, 1.82) is 0 Å². The zero-order chi connectivity index (χ0) is 31.3. The molecule has 1 N–H and O–H groups in total. The van der Waals surface area contributed by atoms with Crippen LogP contribution in [0.4, 0.5) is 30.4 Å². The number of likely N-dealkylation sites (tertiary alicyclic amines) is 1. The van der Waals surface area contributed by atoms with Crippen LogP contribution in [0.25, 0.3) is 11.3 Å². The second kappa shape index (κ2) is 13.3. The second-order valence-corrected chi connectivity index (χ2v) is 11.8. The fraction of sp³-hybridized carbons (Fsp3) is 0.233. The Hall–Kier alpha value is -4.69. The minimum absolute atomic E-state index is 0.115. The van der Waals surface area contributed by atoms with Crippen molar-refractivity contribution in [2.45, 2.75) is 17.7 Å². The largest absolute Gasteiger partial charge is 0.490 e. The summed E-state index contributed by atoms with van der Waals surface area (Å²) in [5, 5.41) is 3.02. The first-order valence-electron chi connectivity index (χ1n) is 13.6. The number of nitrogens with one attached hydrogen (secondary N) is 1. The van der Waals surface area contributed by atoms with Crippen LogP contribution in [0.5, 0.6) is 5.75 Å². The quantitative estimate of drug-likeness (QED) is 0.175. The number of carbonyl (C=O) groups excluding carboxylic acids is 1. The number of carbonyl (C=O) groups is 1. The Morgan fingerprint density at radius 2 is 1.68 bits per heavy atom. The summed E-state index contributed by atoms with van der Waals surface area (Å²) in [6.45, 7) is 2.27. The number of ether oxygens (including phenoxy) is 1. The molecule has 0 saturated carbocycles. The molecule has 5 rings (SSSR count). The van der Waals surface area contributed by atoms with Crippen molar-refractivity contribution in [3.05, 3.63) is 90.5 Å². The Balaban J connectivity index is 1.28. The van der Waals surface area contributed by atoms with E-state index in [0.29, 0.717) is 35.3 Å². The zero-order valence-electron chi connectivity index (χ0n) is 23.5. The van der Waals surface area contributed by atoms with Gasteiger partial charge in [0, 0.05) is 17.3 Å². The van der Waals surface area contributed by atoms with Crippen molar-refractivity contribution < 1.29 is 36.0 Å². The van der Waals surface area contributed by atoms with Crippen molar-refractivity contribution in [2.24, 2.45) is 5.92 Å². The summed E-state index contributed by atoms with van der Waals surface area (Å²) in [7, 11) is -2.88. The number of anilines is 3. The highest BCUT2D eigenvalue weighted by Gasteiger charge is 2.33. The van der Waals surface area contributed by atoms with Gasteiger partial charge in [-0.2, -0.15) is 8.42 Å². The predicted octanol–water partition coefficient (Wildman–Crippen LogP) is 5.31. The van der Waals surface area contributed by atoms with Gasteiger partial charge in [-0.3, -0.25) is 4.79 Å². The van der Waals surface area contributed by atoms with E-state index in [9.17, 15) is 26.4 Å². The average Bonchev–Trinajstić information content (AvgIpc) is 3.00. The minimum atomic E-state index is -4.96. The Bertz CT molecular complexity index is 1720. The molecule has 0 atom stereocenters. The molecule has 0 amide bonds. The van der Waals surface area contributed by atoms with Crippen molar-refractivity contribution in [3.8, 4) is 17.0 Å². The molecule has 10 nitrogen and oxygen atoms in total. The van der Waals surface area contributed by atoms with E-state index in [0.717, 1.165) is 44.1 Å². The number of hydrogen-bond acceptors (Lipinski definition) is 9. The van der Waals surface area contributed by atoms with Crippen LogP contribution in [0.2, 0.25) is 0 Å². The monoisotopic (exact) mass is 627 g/mol. The van der Waals surface area contributed by atoms with Gasteiger partial charge in [0.25, 0.3) is 0 Å². The van der Waals surface area contributed by atoms with Crippen LogP contribution in [0.15, 0.2) is 78.0 Å². The van der Waals surface area contributed by atoms with E-state index >= 15 is 0 Å². The summed E-state index contributed by atoms with van der Waals surface area (Å²) in [5.41, 5.74) is 1.16. The molecule has 0 unspecified atom stereocenters. The Kier molecular flexibility index (Phi) is 9.30. The molecule has 0 bridgehead atoms. The van der Waals surface area contributed by atoms with Crippen LogP contribution in [-0.2, 0) is 19.7 Å². The van der Waals surface area contributed by atoms with Crippen LogP contribution in [0.1, 0.15) is 12.8 Å². The second-order valence-electron chi connectivity index (χ2n) is 10.1. The van der Waals surface area contributed by atoms with E-state index in [2.05, 4.69) is 32.1 Å². The molecule has 44 heavy (non-hydrogen) atoms. The van der Waals surface area contributed by atoms with E-state index in [1.165, 1.54) is 36.7 Å². The Morgan fingerprint density at radius 1 is 0.977 bits per heavy atom. The number of nitrogens with zero attached hydrogens (tertiary/aromatic N) is 4. The maximum Gasteiger partial charge on any atom is 0.322 e. The minimum Gasteiger partial charge on any atom is -0.490 e. The Morgan fingerprint density at radius 3 is 2.34 bits per heavy atom. The summed E-state index contributed by atoms with van der Waals surface area (Å²) in [5.74, 6) is -2.31. The van der Waals surface area contributed by atoms with Crippen molar-refractivity contribution in [1.82, 2.24) is 14.9 Å². The summed E-state index contributed by atoms with van der Waals surface area (Å²) < 4.78 is 75.2. The third kappa shape index (κ3) is 6.92. The molecule has 1 saturated heterocycles. The fourth-order valence-corrected chi connectivity index (χ4v) is 6.06. The predicted molar refractivity (Wildman–Crippen MR) is 156 cm³/mol. The summed E-state index contributed by atoms with van der Waals surface area (Å²) >= 11 is 0. The number of benzene rings is 3. The highest BCUT2D eigenvalue weighted by molar-refractivity contribution is 7.92. The van der Waals surface area contributed by atoms with E-state index in [1.807, 2.05) is 0 Å². The van der Waals surface area contributed by atoms with Gasteiger partial charge in [-0.1, -0.05) is 10.5 Å². The number of halogens is 3. The van der Waals surface area contributed by atoms with Gasteiger partial charge < -0.3 is 19.8 Å². The van der Waals surface area contributed by atoms with Crippen molar-refractivity contribution in [2.75, 3.05) is 36.5 Å². The molecule has 0 spiro atoms. The van der Waals surface area contributed by atoms with Gasteiger partial charge in [0.1, 0.15) is 23.8 Å². The zero-order valence-corrected chi connectivity index (χ0v) is 24.3. The average molecular weight is 628 g/mol. The first-order chi connectivity index (χ1) is 21.2. The van der Waals surface area contributed by atoms with Gasteiger partial charge in [-0.25, -0.2) is 23.1 Å². The van der Waals surface area contributed by atoms with E-state index in [1.54, 1.807) is 18.2 Å². The highest BCUT2D eigenvalue weighted by atomic mass is 32.2. The summed E-state index contributed by atoms with van der Waals surface area (Å²) in [4.78, 5) is 25.0. The molecule has 230 valence electrons. The first kappa shape index (κ1) is 30.8. The normalized spacial score (nSPS) is 14.2.